The summed E-state index contributed by atoms with van der Waals surface area (Å²) in [7, 11) is -2.16. The molecule has 20 heavy (non-hydrogen) atoms. The molecule has 0 saturated heterocycles. The van der Waals surface area contributed by atoms with Crippen molar-refractivity contribution in [3.8, 4) is 5.75 Å². The lowest BCUT2D eigenvalue weighted by atomic mass is 9.78. The van der Waals surface area contributed by atoms with Crippen LogP contribution in [0.4, 0.5) is 4.39 Å². The first-order chi connectivity index (χ1) is 9.34. The summed E-state index contributed by atoms with van der Waals surface area (Å²) in [4.78, 5) is -0.330. The zero-order chi connectivity index (χ0) is 15.0. The molecule has 4 nitrogen and oxygen atoms in total. The number of methoxy groups -OCH3 is 1. The Morgan fingerprint density at radius 3 is 2.40 bits per heavy atom. The third kappa shape index (κ3) is 2.54. The van der Waals surface area contributed by atoms with Gasteiger partial charge in [0.15, 0.2) is 9.84 Å². The summed E-state index contributed by atoms with van der Waals surface area (Å²) in [5.41, 5.74) is 6.28. The molecule has 0 aliphatic heterocycles. The first-order valence-electron chi connectivity index (χ1n) is 6.62. The lowest BCUT2D eigenvalue weighted by molar-refractivity contribution is 0.373. The zero-order valence-corrected chi connectivity index (χ0v) is 12.6. The van der Waals surface area contributed by atoms with E-state index >= 15 is 0 Å². The lowest BCUT2D eigenvalue weighted by Crippen LogP contribution is -2.32. The minimum atomic E-state index is -3.62. The average Bonchev–Trinajstić information content (AvgIpc) is 2.86. The van der Waals surface area contributed by atoms with Gasteiger partial charge in [-0.2, -0.15) is 0 Å². The van der Waals surface area contributed by atoms with Crippen LogP contribution in [-0.4, -0.2) is 28.3 Å². The minimum Gasteiger partial charge on any atom is -0.496 e. The molecule has 0 heterocycles. The quantitative estimate of drug-likeness (QED) is 0.923. The molecule has 0 bridgehead atoms. The van der Waals surface area contributed by atoms with Gasteiger partial charge in [0.2, 0.25) is 0 Å². The highest BCUT2D eigenvalue weighted by Gasteiger charge is 2.37. The first kappa shape index (κ1) is 15.3. The Morgan fingerprint density at radius 1 is 1.35 bits per heavy atom. The van der Waals surface area contributed by atoms with Crippen LogP contribution in [-0.2, 0) is 15.3 Å². The summed E-state index contributed by atoms with van der Waals surface area (Å²) in [6, 6.07) is 2.56. The second kappa shape index (κ2) is 5.33. The molecule has 0 amide bonds. The van der Waals surface area contributed by atoms with E-state index in [4.69, 9.17) is 10.5 Å². The largest absolute Gasteiger partial charge is 0.496 e. The van der Waals surface area contributed by atoms with Gasteiger partial charge in [-0.3, -0.25) is 0 Å². The number of hydrogen-bond acceptors (Lipinski definition) is 4. The van der Waals surface area contributed by atoms with Crippen molar-refractivity contribution in [1.82, 2.24) is 0 Å². The van der Waals surface area contributed by atoms with Crippen molar-refractivity contribution in [1.29, 1.82) is 0 Å². The van der Waals surface area contributed by atoms with Gasteiger partial charge in [-0.1, -0.05) is 12.8 Å². The first-order valence-corrected chi connectivity index (χ1v) is 8.51. The van der Waals surface area contributed by atoms with Crippen LogP contribution in [0.25, 0.3) is 0 Å². The third-order valence-corrected chi connectivity index (χ3v) is 5.29. The van der Waals surface area contributed by atoms with E-state index in [0.29, 0.717) is 17.9 Å². The van der Waals surface area contributed by atoms with E-state index in [0.717, 1.165) is 31.9 Å². The Balaban J connectivity index is 2.63. The van der Waals surface area contributed by atoms with Crippen LogP contribution in [0, 0.1) is 5.82 Å². The Kier molecular flexibility index (Phi) is 4.07. The van der Waals surface area contributed by atoms with E-state index in [1.54, 1.807) is 0 Å². The van der Waals surface area contributed by atoms with Crippen LogP contribution < -0.4 is 10.5 Å². The molecule has 0 aromatic heterocycles. The molecule has 6 heteroatoms. The van der Waals surface area contributed by atoms with Crippen molar-refractivity contribution in [3.05, 3.63) is 23.5 Å². The summed E-state index contributed by atoms with van der Waals surface area (Å²) < 4.78 is 42.6. The Labute approximate surface area is 119 Å². The van der Waals surface area contributed by atoms with Crippen molar-refractivity contribution in [3.63, 3.8) is 0 Å². The van der Waals surface area contributed by atoms with Crippen LogP contribution in [0.1, 0.15) is 31.2 Å². The molecule has 0 unspecified atom stereocenters. The van der Waals surface area contributed by atoms with Gasteiger partial charge in [-0.25, -0.2) is 12.8 Å². The molecule has 1 aliphatic carbocycles. The second-order valence-electron chi connectivity index (χ2n) is 5.45. The van der Waals surface area contributed by atoms with Gasteiger partial charge in [-0.15, -0.1) is 0 Å². The SMILES string of the molecule is COc1cc(S(C)(=O)=O)c(F)cc1C1(CN)CCCC1. The van der Waals surface area contributed by atoms with E-state index in [9.17, 15) is 12.8 Å². The molecular formula is C14H20FNO3S. The maximum Gasteiger partial charge on any atom is 0.178 e. The Bertz CT molecular complexity index is 607. The molecule has 1 aromatic rings. The van der Waals surface area contributed by atoms with Crippen molar-refractivity contribution < 1.29 is 17.5 Å². The number of sulfone groups is 1. The van der Waals surface area contributed by atoms with Gasteiger partial charge >= 0.3 is 0 Å². The molecule has 0 spiro atoms. The monoisotopic (exact) mass is 301 g/mol. The van der Waals surface area contributed by atoms with E-state index in [1.165, 1.54) is 19.2 Å². The summed E-state index contributed by atoms with van der Waals surface area (Å²) in [5, 5.41) is 0. The molecule has 2 rings (SSSR count). The predicted octanol–water partition coefficient (Wildman–Crippen LogP) is 2.01. The van der Waals surface area contributed by atoms with Crippen molar-refractivity contribution in [2.45, 2.75) is 36.0 Å². The maximum atomic E-state index is 14.1. The highest BCUT2D eigenvalue weighted by atomic mass is 32.2. The van der Waals surface area contributed by atoms with E-state index in [2.05, 4.69) is 0 Å². The molecule has 1 aliphatic rings. The molecule has 1 fully saturated rings. The van der Waals surface area contributed by atoms with Crippen LogP contribution in [0.15, 0.2) is 17.0 Å². The number of ether oxygens (including phenoxy) is 1. The van der Waals surface area contributed by atoms with Gasteiger partial charge in [-0.05, 0) is 18.9 Å². The highest BCUT2D eigenvalue weighted by molar-refractivity contribution is 7.90. The third-order valence-electron chi connectivity index (χ3n) is 4.18. The van der Waals surface area contributed by atoms with Gasteiger partial charge in [0.25, 0.3) is 0 Å². The fourth-order valence-corrected chi connectivity index (χ4v) is 3.77. The molecular weight excluding hydrogens is 281 g/mol. The van der Waals surface area contributed by atoms with Crippen molar-refractivity contribution in [2.75, 3.05) is 19.9 Å². The van der Waals surface area contributed by atoms with Crippen LogP contribution in [0.5, 0.6) is 5.75 Å². The summed E-state index contributed by atoms with van der Waals surface area (Å²) in [5.74, 6) is -0.331. The molecule has 2 N–H and O–H groups in total. The van der Waals surface area contributed by atoms with Gasteiger partial charge in [0.05, 0.1) is 7.11 Å². The molecule has 0 atom stereocenters. The predicted molar refractivity (Wildman–Crippen MR) is 75.3 cm³/mol. The molecule has 112 valence electrons. The number of rotatable bonds is 4. The smallest absolute Gasteiger partial charge is 0.178 e. The molecule has 0 radical (unpaired) electrons. The number of hydrogen-bond donors (Lipinski definition) is 1. The van der Waals surface area contributed by atoms with Gasteiger partial charge in [0.1, 0.15) is 16.5 Å². The maximum absolute atomic E-state index is 14.1. The minimum absolute atomic E-state index is 0.303. The average molecular weight is 301 g/mol. The van der Waals surface area contributed by atoms with Crippen LogP contribution in [0.2, 0.25) is 0 Å². The molecule has 1 aromatic carbocycles. The van der Waals surface area contributed by atoms with Gasteiger partial charge in [0, 0.05) is 29.8 Å². The second-order valence-corrected chi connectivity index (χ2v) is 7.43. The van der Waals surface area contributed by atoms with Crippen molar-refractivity contribution in [2.24, 2.45) is 5.73 Å². The lowest BCUT2D eigenvalue weighted by Gasteiger charge is -2.29. The number of benzene rings is 1. The van der Waals surface area contributed by atoms with Gasteiger partial charge < -0.3 is 10.5 Å². The highest BCUT2D eigenvalue weighted by Crippen LogP contribution is 2.45. The summed E-state index contributed by atoms with van der Waals surface area (Å²) in [6.07, 6.45) is 4.81. The molecule has 1 saturated carbocycles. The fraction of sp³-hybridized carbons (Fsp3) is 0.571. The Hall–Kier alpha value is -1.14. The van der Waals surface area contributed by atoms with Crippen molar-refractivity contribution >= 4 is 9.84 Å². The number of halogens is 1. The standard InChI is InChI=1S/C14H20FNO3S/c1-19-12-8-13(20(2,17)18)11(15)7-10(12)14(9-16)5-3-4-6-14/h7-8H,3-6,9,16H2,1-2H3. The van der Waals surface area contributed by atoms with Crippen LogP contribution in [0.3, 0.4) is 0 Å². The van der Waals surface area contributed by atoms with E-state index in [-0.39, 0.29) is 10.3 Å². The van der Waals surface area contributed by atoms with Crippen LogP contribution >= 0.6 is 0 Å². The summed E-state index contributed by atoms with van der Waals surface area (Å²) >= 11 is 0. The van der Waals surface area contributed by atoms with E-state index < -0.39 is 15.7 Å². The number of nitrogens with two attached hydrogens (primary N) is 1. The van der Waals surface area contributed by atoms with E-state index in [1.807, 2.05) is 0 Å². The zero-order valence-electron chi connectivity index (χ0n) is 11.8. The topological polar surface area (TPSA) is 69.4 Å². The normalized spacial score (nSPS) is 18.2. The Morgan fingerprint density at radius 2 is 1.95 bits per heavy atom. The fourth-order valence-electron chi connectivity index (χ4n) is 3.04. The summed E-state index contributed by atoms with van der Waals surface area (Å²) in [6.45, 7) is 0.404.